The molecule has 2 nitrogen and oxygen atoms in total. The molecule has 0 aromatic rings. The van der Waals surface area contributed by atoms with Crippen LogP contribution in [0.4, 0.5) is 0 Å². The van der Waals surface area contributed by atoms with Crippen molar-refractivity contribution in [3.63, 3.8) is 0 Å². The van der Waals surface area contributed by atoms with E-state index in [0.717, 1.165) is 6.04 Å². The first-order chi connectivity index (χ1) is 4.81. The van der Waals surface area contributed by atoms with E-state index < -0.39 is 0 Å². The zero-order valence-electron chi connectivity index (χ0n) is 7.56. The van der Waals surface area contributed by atoms with E-state index in [1.54, 1.807) is 0 Å². The van der Waals surface area contributed by atoms with E-state index in [2.05, 4.69) is 31.4 Å². The van der Waals surface area contributed by atoms with Gasteiger partial charge in [-0.25, -0.2) is 0 Å². The highest BCUT2D eigenvalue weighted by molar-refractivity contribution is 4.36. The Hall–Kier alpha value is -0.0800. The SMILES string of the molecule is CC[NH2+]CC[NH2+][C@H](C)CC. The number of nitrogens with two attached hydrogens (primary N) is 2. The zero-order chi connectivity index (χ0) is 7.82. The van der Waals surface area contributed by atoms with Crippen LogP contribution in [0.15, 0.2) is 0 Å². The van der Waals surface area contributed by atoms with Crippen molar-refractivity contribution >= 4 is 0 Å². The molecule has 0 saturated heterocycles. The fourth-order valence-electron chi connectivity index (χ4n) is 0.869. The highest BCUT2D eigenvalue weighted by Crippen LogP contribution is 1.76. The Morgan fingerprint density at radius 2 is 1.90 bits per heavy atom. The molecule has 10 heavy (non-hydrogen) atoms. The molecule has 0 amide bonds. The first-order valence-corrected chi connectivity index (χ1v) is 4.46. The van der Waals surface area contributed by atoms with Gasteiger partial charge in [0.25, 0.3) is 0 Å². The Morgan fingerprint density at radius 1 is 1.20 bits per heavy atom. The molecule has 0 aliphatic heterocycles. The molecular formula is C8H22N2+2. The summed E-state index contributed by atoms with van der Waals surface area (Å²) in [6, 6.07) is 0.810. The topological polar surface area (TPSA) is 33.2 Å². The van der Waals surface area contributed by atoms with Crippen molar-refractivity contribution in [1.29, 1.82) is 0 Å². The summed E-state index contributed by atoms with van der Waals surface area (Å²) < 4.78 is 0. The Balaban J connectivity index is 2.89. The van der Waals surface area contributed by atoms with Crippen LogP contribution >= 0.6 is 0 Å². The normalized spacial score (nSPS) is 13.5. The summed E-state index contributed by atoms with van der Waals surface area (Å²) >= 11 is 0. The molecule has 0 unspecified atom stereocenters. The largest absolute Gasteiger partial charge is 0.342 e. The molecule has 0 aromatic heterocycles. The van der Waals surface area contributed by atoms with Crippen molar-refractivity contribution in [2.45, 2.75) is 33.2 Å². The summed E-state index contributed by atoms with van der Waals surface area (Å²) in [4.78, 5) is 0. The van der Waals surface area contributed by atoms with Crippen molar-refractivity contribution in [1.82, 2.24) is 0 Å². The van der Waals surface area contributed by atoms with Gasteiger partial charge in [0.1, 0.15) is 13.1 Å². The zero-order valence-corrected chi connectivity index (χ0v) is 7.56. The smallest absolute Gasteiger partial charge is 0.125 e. The van der Waals surface area contributed by atoms with E-state index in [9.17, 15) is 0 Å². The van der Waals surface area contributed by atoms with E-state index in [0.29, 0.717) is 0 Å². The van der Waals surface area contributed by atoms with Crippen LogP contribution in [-0.2, 0) is 0 Å². The molecule has 1 atom stereocenters. The maximum atomic E-state index is 2.42. The Bertz CT molecular complexity index is 64.3. The van der Waals surface area contributed by atoms with E-state index in [-0.39, 0.29) is 0 Å². The standard InChI is InChI=1S/C8H20N2/c1-4-8(3)10-7-6-9-5-2/h8-10H,4-7H2,1-3H3/p+2/t8-/m1/s1. The second-order valence-electron chi connectivity index (χ2n) is 2.90. The lowest BCUT2D eigenvalue weighted by molar-refractivity contribution is -0.738. The van der Waals surface area contributed by atoms with Gasteiger partial charge in [0.2, 0.25) is 0 Å². The molecular weight excluding hydrogens is 124 g/mol. The average Bonchev–Trinajstić information content (AvgIpc) is 1.98. The fraction of sp³-hybridized carbons (Fsp3) is 1.00. The van der Waals surface area contributed by atoms with Gasteiger partial charge in [-0.05, 0) is 20.3 Å². The lowest BCUT2D eigenvalue weighted by Gasteiger charge is -2.05. The molecule has 0 aliphatic carbocycles. The minimum atomic E-state index is 0.810. The second kappa shape index (κ2) is 7.03. The van der Waals surface area contributed by atoms with Crippen molar-refractivity contribution < 1.29 is 10.6 Å². The molecule has 0 aromatic carbocycles. The molecule has 0 radical (unpaired) electrons. The molecule has 0 spiro atoms. The molecule has 2 heteroatoms. The molecule has 0 saturated carbocycles. The molecule has 4 N–H and O–H groups in total. The highest BCUT2D eigenvalue weighted by Gasteiger charge is 1.99. The van der Waals surface area contributed by atoms with Crippen LogP contribution in [0.2, 0.25) is 0 Å². The van der Waals surface area contributed by atoms with Crippen LogP contribution in [-0.4, -0.2) is 25.7 Å². The first kappa shape index (κ1) is 9.92. The third-order valence-electron chi connectivity index (χ3n) is 1.87. The summed E-state index contributed by atoms with van der Waals surface area (Å²) in [7, 11) is 0. The number of quaternary nitrogens is 2. The van der Waals surface area contributed by atoms with Crippen molar-refractivity contribution in [3.05, 3.63) is 0 Å². The second-order valence-corrected chi connectivity index (χ2v) is 2.90. The third-order valence-corrected chi connectivity index (χ3v) is 1.87. The van der Waals surface area contributed by atoms with Crippen LogP contribution in [0, 0.1) is 0 Å². The quantitative estimate of drug-likeness (QED) is 0.448. The Morgan fingerprint density at radius 3 is 2.40 bits per heavy atom. The first-order valence-electron chi connectivity index (χ1n) is 4.46. The number of rotatable bonds is 6. The summed E-state index contributed by atoms with van der Waals surface area (Å²) in [6.07, 6.45) is 1.28. The van der Waals surface area contributed by atoms with Gasteiger partial charge >= 0.3 is 0 Å². The van der Waals surface area contributed by atoms with Crippen LogP contribution in [0.1, 0.15) is 27.2 Å². The van der Waals surface area contributed by atoms with Crippen LogP contribution in [0.3, 0.4) is 0 Å². The third kappa shape index (κ3) is 6.05. The summed E-state index contributed by atoms with van der Waals surface area (Å²) in [5, 5.41) is 4.77. The number of hydrogen-bond donors (Lipinski definition) is 2. The Labute approximate surface area is 64.4 Å². The predicted molar refractivity (Wildman–Crippen MR) is 43.9 cm³/mol. The summed E-state index contributed by atoms with van der Waals surface area (Å²) in [6.45, 7) is 10.5. The van der Waals surface area contributed by atoms with Crippen molar-refractivity contribution in [3.8, 4) is 0 Å². The van der Waals surface area contributed by atoms with Gasteiger partial charge in [0.15, 0.2) is 0 Å². The van der Waals surface area contributed by atoms with E-state index in [4.69, 9.17) is 0 Å². The average molecular weight is 146 g/mol. The van der Waals surface area contributed by atoms with E-state index in [1.165, 1.54) is 26.1 Å². The predicted octanol–water partition coefficient (Wildman–Crippen LogP) is -1.07. The van der Waals surface area contributed by atoms with Gasteiger partial charge in [-0.1, -0.05) is 6.92 Å². The maximum absolute atomic E-state index is 2.42. The van der Waals surface area contributed by atoms with Gasteiger partial charge in [-0.15, -0.1) is 0 Å². The monoisotopic (exact) mass is 146 g/mol. The van der Waals surface area contributed by atoms with Gasteiger partial charge in [0.05, 0.1) is 12.6 Å². The molecule has 0 aliphatic rings. The molecule has 0 rings (SSSR count). The molecule has 0 heterocycles. The van der Waals surface area contributed by atoms with Crippen LogP contribution < -0.4 is 10.6 Å². The molecule has 0 fully saturated rings. The summed E-state index contributed by atoms with van der Waals surface area (Å²) in [5.74, 6) is 0. The van der Waals surface area contributed by atoms with Crippen molar-refractivity contribution in [2.75, 3.05) is 19.6 Å². The highest BCUT2D eigenvalue weighted by atomic mass is 15.0. The van der Waals surface area contributed by atoms with E-state index >= 15 is 0 Å². The minimum Gasteiger partial charge on any atom is -0.342 e. The lowest BCUT2D eigenvalue weighted by Crippen LogP contribution is -2.97. The van der Waals surface area contributed by atoms with Gasteiger partial charge < -0.3 is 10.6 Å². The maximum Gasteiger partial charge on any atom is 0.125 e. The van der Waals surface area contributed by atoms with Gasteiger partial charge in [-0.3, -0.25) is 0 Å². The number of hydrogen-bond acceptors (Lipinski definition) is 0. The molecule has 0 bridgehead atoms. The van der Waals surface area contributed by atoms with Crippen molar-refractivity contribution in [2.24, 2.45) is 0 Å². The lowest BCUT2D eigenvalue weighted by atomic mass is 10.3. The number of likely N-dealkylation sites (N-methyl/N-ethyl adjacent to an activating group) is 1. The van der Waals surface area contributed by atoms with E-state index in [1.807, 2.05) is 0 Å². The van der Waals surface area contributed by atoms with Crippen LogP contribution in [0.5, 0.6) is 0 Å². The van der Waals surface area contributed by atoms with Gasteiger partial charge in [0, 0.05) is 0 Å². The molecule has 62 valence electrons. The summed E-state index contributed by atoms with van der Waals surface area (Å²) in [5.41, 5.74) is 0. The fourth-order valence-corrected chi connectivity index (χ4v) is 0.869. The van der Waals surface area contributed by atoms with Gasteiger partial charge in [-0.2, -0.15) is 0 Å². The minimum absolute atomic E-state index is 0.810. The Kier molecular flexibility index (Phi) is 6.98. The van der Waals surface area contributed by atoms with Crippen LogP contribution in [0.25, 0.3) is 0 Å².